The van der Waals surface area contributed by atoms with E-state index in [0.717, 1.165) is 17.7 Å². The summed E-state index contributed by atoms with van der Waals surface area (Å²) < 4.78 is 40.5. The Bertz CT molecular complexity index is 1480. The van der Waals surface area contributed by atoms with E-state index in [2.05, 4.69) is 4.90 Å². The number of alkyl halides is 1. The minimum atomic E-state index is -4.56. The molecule has 0 radical (unpaired) electrons. The Morgan fingerprint density at radius 3 is 2.41 bits per heavy atom. The van der Waals surface area contributed by atoms with Crippen LogP contribution < -0.4 is 14.4 Å². The molecule has 0 bridgehead atoms. The lowest BCUT2D eigenvalue weighted by molar-refractivity contribution is -0.119. The van der Waals surface area contributed by atoms with Gasteiger partial charge in [0.25, 0.3) is 0 Å². The predicted octanol–water partition coefficient (Wildman–Crippen LogP) is 4.00. The number of ether oxygens (including phenoxy) is 2. The number of nitrogens with zero attached hydrogens (tertiary/aromatic N) is 2. The van der Waals surface area contributed by atoms with Crippen LogP contribution in [0.25, 0.3) is 0 Å². The highest BCUT2D eigenvalue weighted by Gasteiger charge is 2.65. The third-order valence-electron chi connectivity index (χ3n) is 7.65. The normalized spacial score (nSPS) is 25.4. The molecule has 3 aromatic carbocycles. The van der Waals surface area contributed by atoms with Gasteiger partial charge in [-0.25, -0.2) is 8.42 Å². The molecule has 1 fully saturated rings. The Kier molecular flexibility index (Phi) is 7.52. The molecule has 0 saturated carbocycles. The van der Waals surface area contributed by atoms with Crippen LogP contribution in [0.2, 0.25) is 5.02 Å². The molecule has 0 aliphatic carbocycles. The van der Waals surface area contributed by atoms with Gasteiger partial charge in [0.05, 0.1) is 25.8 Å². The van der Waals surface area contributed by atoms with Gasteiger partial charge < -0.3 is 24.6 Å². The Balaban J connectivity index is 1.76. The Morgan fingerprint density at radius 1 is 1.00 bits per heavy atom. The monoisotopic (exact) mass is 592 g/mol. The second-order valence-corrected chi connectivity index (χ2v) is 12.9. The number of para-hydroxylation sites is 1. The topological polar surface area (TPSA) is 99.5 Å². The number of fused-ring (bicyclic) bond motifs is 1. The van der Waals surface area contributed by atoms with Crippen molar-refractivity contribution in [1.29, 1.82) is 0 Å². The average Bonchev–Trinajstić information content (AvgIpc) is 3.34. The number of hydrogen-bond acceptors (Lipinski definition) is 8. The fourth-order valence-electron chi connectivity index (χ4n) is 5.70. The van der Waals surface area contributed by atoms with Crippen molar-refractivity contribution in [1.82, 2.24) is 4.90 Å². The third kappa shape index (κ3) is 4.45. The van der Waals surface area contributed by atoms with Crippen LogP contribution in [0.4, 0.5) is 5.69 Å². The molecule has 11 heteroatoms. The molecule has 8 nitrogen and oxygen atoms in total. The molecule has 2 heterocycles. The van der Waals surface area contributed by atoms with Gasteiger partial charge in [-0.2, -0.15) is 0 Å². The van der Waals surface area contributed by atoms with E-state index in [9.17, 15) is 18.6 Å². The standard InChI is InChI=1S/C28H30Cl2N2O6S/c1-37-24-12-11-20(17-25(24)38-2)39(35,36)28(21-8-4-5-9-22(21)29)26(33)27(30,34)14-16-32(28)18-31-15-13-19-7-3-6-10-23(19)31/h3-12,17,26,33-34H,13-16,18H2,1-2H3. The van der Waals surface area contributed by atoms with Crippen molar-refractivity contribution < 1.29 is 28.1 Å². The van der Waals surface area contributed by atoms with E-state index in [1.807, 2.05) is 24.3 Å². The highest BCUT2D eigenvalue weighted by molar-refractivity contribution is 7.92. The SMILES string of the molecule is COc1ccc(S(=O)(=O)C2(c3ccccc3Cl)C(O)C(O)(Cl)CCN2CN2CCc3ccccc32)cc1OC. The summed E-state index contributed by atoms with van der Waals surface area (Å²) in [6.07, 6.45) is -1.25. The summed E-state index contributed by atoms with van der Waals surface area (Å²) in [5, 5.41) is 20.9. The van der Waals surface area contributed by atoms with Crippen molar-refractivity contribution in [3.8, 4) is 11.5 Å². The zero-order valence-corrected chi connectivity index (χ0v) is 23.9. The second-order valence-electron chi connectivity index (χ2n) is 9.71. The first kappa shape index (κ1) is 28.0. The average molecular weight is 594 g/mol. The molecule has 0 amide bonds. The number of halogens is 2. The molecule has 0 spiro atoms. The summed E-state index contributed by atoms with van der Waals surface area (Å²) >= 11 is 13.2. The van der Waals surface area contributed by atoms with Crippen molar-refractivity contribution in [2.75, 3.05) is 38.9 Å². The van der Waals surface area contributed by atoms with Crippen LogP contribution in [0.5, 0.6) is 11.5 Å². The lowest BCUT2D eigenvalue weighted by atomic mass is 9.89. The first-order valence-electron chi connectivity index (χ1n) is 12.5. The molecule has 208 valence electrons. The molecular weight excluding hydrogens is 563 g/mol. The van der Waals surface area contributed by atoms with Crippen LogP contribution >= 0.6 is 23.2 Å². The fourth-order valence-corrected chi connectivity index (χ4v) is 8.65. The van der Waals surface area contributed by atoms with Gasteiger partial charge in [0, 0.05) is 41.9 Å². The van der Waals surface area contributed by atoms with Gasteiger partial charge in [-0.15, -0.1) is 0 Å². The lowest BCUT2D eigenvalue weighted by Crippen LogP contribution is -2.70. The minimum Gasteiger partial charge on any atom is -0.493 e. The van der Waals surface area contributed by atoms with E-state index in [0.29, 0.717) is 12.3 Å². The number of piperidine rings is 1. The molecule has 0 aromatic heterocycles. The molecule has 2 N–H and O–H groups in total. The molecule has 3 atom stereocenters. The lowest BCUT2D eigenvalue weighted by Gasteiger charge is -2.54. The molecule has 3 unspecified atom stereocenters. The van der Waals surface area contributed by atoms with Crippen molar-refractivity contribution in [2.45, 2.75) is 33.8 Å². The highest BCUT2D eigenvalue weighted by atomic mass is 35.5. The number of anilines is 1. The van der Waals surface area contributed by atoms with Crippen LogP contribution in [-0.4, -0.2) is 68.7 Å². The van der Waals surface area contributed by atoms with E-state index < -0.39 is 25.9 Å². The summed E-state index contributed by atoms with van der Waals surface area (Å²) in [7, 11) is -1.71. The summed E-state index contributed by atoms with van der Waals surface area (Å²) in [4.78, 5) is 1.32. The third-order valence-corrected chi connectivity index (χ3v) is 10.8. The summed E-state index contributed by atoms with van der Waals surface area (Å²) in [5.74, 6) is 0.533. The minimum absolute atomic E-state index is 0.0630. The number of likely N-dealkylation sites (tertiary alicyclic amines) is 1. The smallest absolute Gasteiger partial charge is 0.204 e. The number of benzene rings is 3. The Hall–Kier alpha value is -2.53. The van der Waals surface area contributed by atoms with Crippen molar-refractivity contribution in [2.24, 2.45) is 0 Å². The number of aliphatic hydroxyl groups excluding tert-OH is 1. The fraction of sp³-hybridized carbons (Fsp3) is 0.357. The molecule has 2 aliphatic heterocycles. The first-order valence-corrected chi connectivity index (χ1v) is 14.7. The van der Waals surface area contributed by atoms with E-state index in [-0.39, 0.29) is 40.9 Å². The van der Waals surface area contributed by atoms with Gasteiger partial charge in [0.1, 0.15) is 6.10 Å². The van der Waals surface area contributed by atoms with Crippen LogP contribution in [0.3, 0.4) is 0 Å². The molecule has 5 rings (SSSR count). The van der Waals surface area contributed by atoms with Crippen LogP contribution in [-0.2, 0) is 21.1 Å². The summed E-state index contributed by atoms with van der Waals surface area (Å²) in [5.41, 5.74) is 2.24. The van der Waals surface area contributed by atoms with Crippen LogP contribution in [0, 0.1) is 0 Å². The van der Waals surface area contributed by atoms with Gasteiger partial charge >= 0.3 is 0 Å². The van der Waals surface area contributed by atoms with Gasteiger partial charge in [-0.1, -0.05) is 59.6 Å². The van der Waals surface area contributed by atoms with Crippen molar-refractivity contribution in [3.05, 3.63) is 82.9 Å². The summed E-state index contributed by atoms with van der Waals surface area (Å²) in [6, 6.07) is 18.6. The molecular formula is C28H30Cl2N2O6S. The van der Waals surface area contributed by atoms with Crippen molar-refractivity contribution in [3.63, 3.8) is 0 Å². The van der Waals surface area contributed by atoms with E-state index in [4.69, 9.17) is 32.7 Å². The van der Waals surface area contributed by atoms with Gasteiger partial charge in [0.2, 0.25) is 9.84 Å². The predicted molar refractivity (Wildman–Crippen MR) is 150 cm³/mol. The zero-order valence-electron chi connectivity index (χ0n) is 21.5. The van der Waals surface area contributed by atoms with Crippen LogP contribution in [0.15, 0.2) is 71.6 Å². The van der Waals surface area contributed by atoms with Gasteiger partial charge in [-0.05, 0) is 36.2 Å². The van der Waals surface area contributed by atoms with E-state index >= 15 is 0 Å². The van der Waals surface area contributed by atoms with Gasteiger partial charge in [0.15, 0.2) is 21.4 Å². The quantitative estimate of drug-likeness (QED) is 0.397. The van der Waals surface area contributed by atoms with E-state index in [1.165, 1.54) is 32.4 Å². The first-order chi connectivity index (χ1) is 18.6. The molecule has 39 heavy (non-hydrogen) atoms. The van der Waals surface area contributed by atoms with E-state index in [1.54, 1.807) is 29.2 Å². The number of aliphatic hydroxyl groups is 2. The largest absolute Gasteiger partial charge is 0.493 e. The van der Waals surface area contributed by atoms with Gasteiger partial charge in [-0.3, -0.25) is 4.90 Å². The number of sulfone groups is 1. The molecule has 1 saturated heterocycles. The number of methoxy groups -OCH3 is 2. The maximum absolute atomic E-state index is 14.9. The highest BCUT2D eigenvalue weighted by Crippen LogP contribution is 2.52. The maximum atomic E-state index is 14.9. The summed E-state index contributed by atoms with van der Waals surface area (Å²) in [6.45, 7) is 0.859. The zero-order chi connectivity index (χ0) is 28.0. The molecule has 2 aliphatic rings. The Morgan fingerprint density at radius 2 is 1.69 bits per heavy atom. The number of hydrogen-bond donors (Lipinski definition) is 2. The maximum Gasteiger partial charge on any atom is 0.204 e. The van der Waals surface area contributed by atoms with Crippen molar-refractivity contribution >= 4 is 38.7 Å². The number of rotatable bonds is 7. The second kappa shape index (κ2) is 10.5. The molecule has 3 aromatic rings. The van der Waals surface area contributed by atoms with Crippen LogP contribution in [0.1, 0.15) is 17.5 Å². The Labute approximate surface area is 238 Å².